The minimum absolute atomic E-state index is 0.353. The molecule has 2 rings (SSSR count). The van der Waals surface area contributed by atoms with Gasteiger partial charge in [0.15, 0.2) is 0 Å². The number of ether oxygens (including phenoxy) is 1. The Bertz CT molecular complexity index is 796. The number of aryl methyl sites for hydroxylation is 1. The third kappa shape index (κ3) is 5.99. The van der Waals surface area contributed by atoms with Crippen molar-refractivity contribution in [3.8, 4) is 5.75 Å². The van der Waals surface area contributed by atoms with Gasteiger partial charge in [-0.3, -0.25) is 9.59 Å². The largest absolute Gasteiger partial charge is 0.497 e. The molecule has 144 valence electrons. The van der Waals surface area contributed by atoms with Gasteiger partial charge >= 0.3 is 0 Å². The number of amides is 2. The van der Waals surface area contributed by atoms with Crippen LogP contribution in [0.5, 0.6) is 5.75 Å². The van der Waals surface area contributed by atoms with Crippen molar-refractivity contribution >= 4 is 29.3 Å². The van der Waals surface area contributed by atoms with Gasteiger partial charge in [-0.05, 0) is 67.3 Å². The molecule has 1 atom stereocenters. The van der Waals surface area contributed by atoms with Crippen LogP contribution >= 0.6 is 11.8 Å². The van der Waals surface area contributed by atoms with Gasteiger partial charge in [0.2, 0.25) is 5.91 Å². The maximum absolute atomic E-state index is 13.7. The number of rotatable bonds is 8. The standard InChI is InChI=1S/C20H23FN2O3S/c1-13-4-7-15(12-17(13)21)22-20(25)18(10-11-27-3)23-19(24)14-5-8-16(26-2)9-6-14/h4-9,12,18H,10-11H2,1-3H3,(H,22,25)(H,23,24)/t18-/m1/s1. The Morgan fingerprint density at radius 1 is 1.19 bits per heavy atom. The van der Waals surface area contributed by atoms with Crippen LogP contribution in [0.4, 0.5) is 10.1 Å². The highest BCUT2D eigenvalue weighted by atomic mass is 32.2. The molecule has 2 N–H and O–H groups in total. The Balaban J connectivity index is 2.08. The van der Waals surface area contributed by atoms with Crippen molar-refractivity contribution in [3.05, 3.63) is 59.4 Å². The lowest BCUT2D eigenvalue weighted by molar-refractivity contribution is -0.118. The first-order valence-corrected chi connectivity index (χ1v) is 9.85. The number of carbonyl (C=O) groups is 2. The van der Waals surface area contributed by atoms with Crippen molar-refractivity contribution in [2.24, 2.45) is 0 Å². The Kier molecular flexibility index (Phi) is 7.67. The average molecular weight is 390 g/mol. The minimum Gasteiger partial charge on any atom is -0.497 e. The van der Waals surface area contributed by atoms with Gasteiger partial charge in [-0.1, -0.05) is 6.07 Å². The molecule has 2 amide bonds. The number of thioether (sulfide) groups is 1. The molecule has 0 unspecified atom stereocenters. The molecular weight excluding hydrogens is 367 g/mol. The van der Waals surface area contributed by atoms with Crippen molar-refractivity contribution < 1.29 is 18.7 Å². The van der Waals surface area contributed by atoms with Gasteiger partial charge < -0.3 is 15.4 Å². The van der Waals surface area contributed by atoms with Crippen LogP contribution in [-0.2, 0) is 4.79 Å². The van der Waals surface area contributed by atoms with Crippen molar-refractivity contribution in [1.29, 1.82) is 0 Å². The molecule has 27 heavy (non-hydrogen) atoms. The SMILES string of the molecule is COc1ccc(C(=O)N[C@H](CCSC)C(=O)Nc2ccc(C)c(F)c2)cc1. The number of halogens is 1. The van der Waals surface area contributed by atoms with Crippen molar-refractivity contribution in [1.82, 2.24) is 5.32 Å². The zero-order valence-electron chi connectivity index (χ0n) is 15.5. The molecule has 0 saturated heterocycles. The van der Waals surface area contributed by atoms with E-state index >= 15 is 0 Å². The molecule has 0 aromatic heterocycles. The number of methoxy groups -OCH3 is 1. The molecule has 0 aliphatic heterocycles. The molecule has 0 aliphatic rings. The van der Waals surface area contributed by atoms with Crippen LogP contribution in [-0.4, -0.2) is 37.0 Å². The predicted molar refractivity (Wildman–Crippen MR) is 107 cm³/mol. The molecule has 0 heterocycles. The molecule has 0 spiro atoms. The minimum atomic E-state index is -0.726. The van der Waals surface area contributed by atoms with E-state index in [-0.39, 0.29) is 11.8 Å². The molecule has 0 saturated carbocycles. The lowest BCUT2D eigenvalue weighted by Gasteiger charge is -2.18. The van der Waals surface area contributed by atoms with Gasteiger partial charge in [-0.15, -0.1) is 0 Å². The third-order valence-corrected chi connectivity index (χ3v) is 4.67. The van der Waals surface area contributed by atoms with Gasteiger partial charge in [0.25, 0.3) is 5.91 Å². The van der Waals surface area contributed by atoms with Crippen molar-refractivity contribution in [2.45, 2.75) is 19.4 Å². The van der Waals surface area contributed by atoms with Crippen LogP contribution in [0.25, 0.3) is 0 Å². The van der Waals surface area contributed by atoms with Crippen LogP contribution in [0, 0.1) is 12.7 Å². The summed E-state index contributed by atoms with van der Waals surface area (Å²) in [6.45, 7) is 1.65. The van der Waals surface area contributed by atoms with E-state index in [9.17, 15) is 14.0 Å². The highest BCUT2D eigenvalue weighted by molar-refractivity contribution is 7.98. The number of carbonyl (C=O) groups excluding carboxylic acids is 2. The summed E-state index contributed by atoms with van der Waals surface area (Å²) in [5.41, 5.74) is 1.29. The summed E-state index contributed by atoms with van der Waals surface area (Å²) in [6.07, 6.45) is 2.39. The Morgan fingerprint density at radius 3 is 2.48 bits per heavy atom. The summed E-state index contributed by atoms with van der Waals surface area (Å²) in [7, 11) is 1.55. The van der Waals surface area contributed by atoms with E-state index in [1.54, 1.807) is 62.2 Å². The molecule has 2 aromatic rings. The molecule has 7 heteroatoms. The van der Waals surface area contributed by atoms with E-state index in [0.717, 1.165) is 0 Å². The fourth-order valence-corrected chi connectivity index (χ4v) is 2.86. The molecular formula is C20H23FN2O3S. The summed E-state index contributed by atoms with van der Waals surface area (Å²) >= 11 is 1.58. The predicted octanol–water partition coefficient (Wildman–Crippen LogP) is 3.63. The molecule has 5 nitrogen and oxygen atoms in total. The number of hydrogen-bond donors (Lipinski definition) is 2. The average Bonchev–Trinajstić information content (AvgIpc) is 2.67. The summed E-state index contributed by atoms with van der Waals surface area (Å²) < 4.78 is 18.8. The van der Waals surface area contributed by atoms with E-state index in [2.05, 4.69) is 10.6 Å². The molecule has 0 fully saturated rings. The monoisotopic (exact) mass is 390 g/mol. The second-order valence-electron chi connectivity index (χ2n) is 5.99. The summed E-state index contributed by atoms with van der Waals surface area (Å²) in [6, 6.07) is 10.4. The second-order valence-corrected chi connectivity index (χ2v) is 6.97. The second kappa shape index (κ2) is 9.97. The summed E-state index contributed by atoms with van der Waals surface area (Å²) in [5.74, 6) is 0.215. The van der Waals surface area contributed by atoms with Gasteiger partial charge in [0.05, 0.1) is 7.11 Å². The molecule has 0 bridgehead atoms. The summed E-state index contributed by atoms with van der Waals surface area (Å²) in [4.78, 5) is 25.1. The van der Waals surface area contributed by atoms with Crippen LogP contribution < -0.4 is 15.4 Å². The van der Waals surface area contributed by atoms with Crippen molar-refractivity contribution in [3.63, 3.8) is 0 Å². The van der Waals surface area contributed by atoms with Gasteiger partial charge in [0.1, 0.15) is 17.6 Å². The molecule has 2 aromatic carbocycles. The number of anilines is 1. The fraction of sp³-hybridized carbons (Fsp3) is 0.300. The van der Waals surface area contributed by atoms with Crippen molar-refractivity contribution in [2.75, 3.05) is 24.4 Å². The number of hydrogen-bond acceptors (Lipinski definition) is 4. The van der Waals surface area contributed by atoms with E-state index in [0.29, 0.717) is 34.7 Å². The number of benzene rings is 2. The van der Waals surface area contributed by atoms with E-state index in [1.807, 2.05) is 6.26 Å². The highest BCUT2D eigenvalue weighted by Gasteiger charge is 2.21. The Hall–Kier alpha value is -2.54. The topological polar surface area (TPSA) is 67.4 Å². The van der Waals surface area contributed by atoms with Crippen LogP contribution in [0.1, 0.15) is 22.3 Å². The van der Waals surface area contributed by atoms with Gasteiger partial charge in [0, 0.05) is 11.3 Å². The zero-order chi connectivity index (χ0) is 19.8. The first-order valence-electron chi connectivity index (χ1n) is 8.45. The maximum atomic E-state index is 13.7. The Morgan fingerprint density at radius 2 is 1.89 bits per heavy atom. The summed E-state index contributed by atoms with van der Waals surface area (Å²) in [5, 5.41) is 5.42. The fourth-order valence-electron chi connectivity index (χ4n) is 2.39. The quantitative estimate of drug-likeness (QED) is 0.722. The van der Waals surface area contributed by atoms with Crippen LogP contribution in [0.2, 0.25) is 0 Å². The van der Waals surface area contributed by atoms with Crippen LogP contribution in [0.3, 0.4) is 0 Å². The van der Waals surface area contributed by atoms with Crippen LogP contribution in [0.15, 0.2) is 42.5 Å². The van der Waals surface area contributed by atoms with Gasteiger partial charge in [-0.25, -0.2) is 4.39 Å². The maximum Gasteiger partial charge on any atom is 0.251 e. The third-order valence-electron chi connectivity index (χ3n) is 4.02. The Labute approximate surface area is 162 Å². The molecule has 0 radical (unpaired) electrons. The normalized spacial score (nSPS) is 11.6. The first kappa shape index (κ1) is 20.8. The van der Waals surface area contributed by atoms with Gasteiger partial charge in [-0.2, -0.15) is 11.8 Å². The number of nitrogens with one attached hydrogen (secondary N) is 2. The smallest absolute Gasteiger partial charge is 0.251 e. The van der Waals surface area contributed by atoms with E-state index in [4.69, 9.17) is 4.74 Å². The lowest BCUT2D eigenvalue weighted by Crippen LogP contribution is -2.44. The zero-order valence-corrected chi connectivity index (χ0v) is 16.4. The van der Waals surface area contributed by atoms with E-state index < -0.39 is 11.9 Å². The van der Waals surface area contributed by atoms with E-state index in [1.165, 1.54) is 6.07 Å². The molecule has 0 aliphatic carbocycles. The lowest BCUT2D eigenvalue weighted by atomic mass is 10.1. The highest BCUT2D eigenvalue weighted by Crippen LogP contribution is 2.15. The first-order chi connectivity index (χ1) is 12.9.